The summed E-state index contributed by atoms with van der Waals surface area (Å²) in [5.74, 6) is 0. The SMILES string of the molecule is O=[C]C(S)S. The third-order valence-corrected chi connectivity index (χ3v) is 0.316. The van der Waals surface area contributed by atoms with Crippen LogP contribution in [0.5, 0.6) is 0 Å². The third-order valence-electron chi connectivity index (χ3n) is 0.105. The Hall–Kier alpha value is 0.370. The molecule has 29 valence electrons. The Labute approximate surface area is 41.6 Å². The second kappa shape index (κ2) is 2.60. The summed E-state index contributed by atoms with van der Waals surface area (Å²) in [6.45, 7) is 0. The van der Waals surface area contributed by atoms with Gasteiger partial charge < -0.3 is 0 Å². The van der Waals surface area contributed by atoms with Gasteiger partial charge in [-0.15, -0.1) is 0 Å². The first-order valence-electron chi connectivity index (χ1n) is 1.01. The van der Waals surface area contributed by atoms with Gasteiger partial charge in [0.25, 0.3) is 0 Å². The van der Waals surface area contributed by atoms with Gasteiger partial charge in [0.2, 0.25) is 6.29 Å². The summed E-state index contributed by atoms with van der Waals surface area (Å²) in [7, 11) is 0. The van der Waals surface area contributed by atoms with Crippen LogP contribution in [-0.4, -0.2) is 10.9 Å². The maximum atomic E-state index is 9.23. The molecule has 0 saturated carbocycles. The average Bonchev–Trinajstić information content (AvgIpc) is 1.38. The zero-order chi connectivity index (χ0) is 4.28. The molecule has 0 aromatic rings. The van der Waals surface area contributed by atoms with Crippen molar-refractivity contribution in [3.05, 3.63) is 0 Å². The molecule has 5 heavy (non-hydrogen) atoms. The number of hydrogen-bond donors (Lipinski definition) is 2. The predicted molar refractivity (Wildman–Crippen MR) is 27.5 cm³/mol. The maximum Gasteiger partial charge on any atom is 0.222 e. The molecule has 0 aliphatic carbocycles. The summed E-state index contributed by atoms with van der Waals surface area (Å²) in [5.41, 5.74) is 0. The zero-order valence-corrected chi connectivity index (χ0v) is 4.17. The van der Waals surface area contributed by atoms with E-state index < -0.39 is 4.58 Å². The minimum Gasteiger partial charge on any atom is -0.289 e. The predicted octanol–water partition coefficient (Wildman–Crippen LogP) is 0.282. The standard InChI is InChI=1S/C2H3OS2/c3-1-2(4)5/h2,4-5H. The van der Waals surface area contributed by atoms with Gasteiger partial charge in [-0.25, -0.2) is 0 Å². The Balaban J connectivity index is 2.83. The zero-order valence-electron chi connectivity index (χ0n) is 2.38. The van der Waals surface area contributed by atoms with Gasteiger partial charge in [-0.2, -0.15) is 25.3 Å². The van der Waals surface area contributed by atoms with Gasteiger partial charge in [-0.05, 0) is 0 Å². The van der Waals surface area contributed by atoms with Crippen LogP contribution in [-0.2, 0) is 4.79 Å². The fourth-order valence-electron chi connectivity index (χ4n) is 0. The summed E-state index contributed by atoms with van der Waals surface area (Å²) in [6, 6.07) is 0. The Morgan fingerprint density at radius 1 is 1.60 bits per heavy atom. The normalized spacial score (nSPS) is 8.60. The minimum absolute atomic E-state index is 0.532. The Kier molecular flexibility index (Phi) is 2.79. The van der Waals surface area contributed by atoms with Crippen molar-refractivity contribution in [2.45, 2.75) is 4.58 Å². The van der Waals surface area contributed by atoms with Crippen LogP contribution in [0.15, 0.2) is 0 Å². The molecule has 0 aromatic carbocycles. The van der Waals surface area contributed by atoms with E-state index in [2.05, 4.69) is 25.3 Å². The van der Waals surface area contributed by atoms with Gasteiger partial charge >= 0.3 is 0 Å². The second-order valence-corrected chi connectivity index (χ2v) is 1.93. The lowest BCUT2D eigenvalue weighted by Gasteiger charge is -1.75. The van der Waals surface area contributed by atoms with Crippen molar-refractivity contribution in [1.82, 2.24) is 0 Å². The van der Waals surface area contributed by atoms with E-state index >= 15 is 0 Å². The smallest absolute Gasteiger partial charge is 0.222 e. The largest absolute Gasteiger partial charge is 0.289 e. The van der Waals surface area contributed by atoms with Crippen LogP contribution in [0, 0.1) is 0 Å². The molecule has 0 aliphatic heterocycles. The third kappa shape index (κ3) is 4.37. The van der Waals surface area contributed by atoms with Crippen molar-refractivity contribution in [2.24, 2.45) is 0 Å². The van der Waals surface area contributed by atoms with Crippen molar-refractivity contribution in [3.8, 4) is 0 Å². The van der Waals surface area contributed by atoms with Crippen LogP contribution in [0.25, 0.3) is 0 Å². The van der Waals surface area contributed by atoms with E-state index in [0.29, 0.717) is 0 Å². The molecule has 0 heterocycles. The van der Waals surface area contributed by atoms with E-state index in [1.807, 2.05) is 0 Å². The average molecular weight is 107 g/mol. The van der Waals surface area contributed by atoms with Crippen LogP contribution < -0.4 is 0 Å². The van der Waals surface area contributed by atoms with E-state index in [4.69, 9.17) is 0 Å². The molecule has 0 aromatic heterocycles. The Bertz CT molecular complexity index is 34.6. The van der Waals surface area contributed by atoms with Gasteiger partial charge in [0.05, 0.1) is 0 Å². The highest BCUT2D eigenvalue weighted by Gasteiger charge is 1.84. The topological polar surface area (TPSA) is 17.1 Å². The fourth-order valence-corrected chi connectivity index (χ4v) is 0. The van der Waals surface area contributed by atoms with E-state index in [1.54, 1.807) is 0 Å². The number of hydrogen-bond acceptors (Lipinski definition) is 3. The molecule has 0 saturated heterocycles. The molecule has 0 rings (SSSR count). The molecular weight excluding hydrogens is 104 g/mol. The Morgan fingerprint density at radius 3 is 1.80 bits per heavy atom. The lowest BCUT2D eigenvalue weighted by molar-refractivity contribution is 0.559. The molecule has 1 nitrogen and oxygen atoms in total. The van der Waals surface area contributed by atoms with E-state index in [-0.39, 0.29) is 0 Å². The van der Waals surface area contributed by atoms with Gasteiger partial charge in [-0.3, -0.25) is 4.79 Å². The highest BCUT2D eigenvalue weighted by Crippen LogP contribution is 1.91. The molecule has 1 radical (unpaired) electrons. The molecule has 0 aliphatic rings. The molecule has 0 unspecified atom stereocenters. The molecule has 0 amide bonds. The van der Waals surface area contributed by atoms with Crippen molar-refractivity contribution in [3.63, 3.8) is 0 Å². The first-order chi connectivity index (χ1) is 2.27. The molecule has 0 bridgehead atoms. The monoisotopic (exact) mass is 107 g/mol. The van der Waals surface area contributed by atoms with E-state index in [1.165, 1.54) is 6.29 Å². The van der Waals surface area contributed by atoms with Crippen LogP contribution >= 0.6 is 25.3 Å². The molecule has 0 fully saturated rings. The number of rotatable bonds is 1. The van der Waals surface area contributed by atoms with Gasteiger partial charge in [0.15, 0.2) is 0 Å². The first-order valence-corrected chi connectivity index (χ1v) is 2.04. The summed E-state index contributed by atoms with van der Waals surface area (Å²) >= 11 is 7.08. The van der Waals surface area contributed by atoms with E-state index in [0.717, 1.165) is 0 Å². The summed E-state index contributed by atoms with van der Waals surface area (Å²) in [4.78, 5) is 9.23. The first kappa shape index (κ1) is 5.37. The van der Waals surface area contributed by atoms with Gasteiger partial charge in [-0.1, -0.05) is 0 Å². The summed E-state index contributed by atoms with van der Waals surface area (Å²) < 4.78 is -0.532. The second-order valence-electron chi connectivity index (χ2n) is 0.492. The maximum absolute atomic E-state index is 9.23. The van der Waals surface area contributed by atoms with Crippen LogP contribution in [0.3, 0.4) is 0 Å². The quantitative estimate of drug-likeness (QED) is 0.363. The van der Waals surface area contributed by atoms with Crippen molar-refractivity contribution in [1.29, 1.82) is 0 Å². The van der Waals surface area contributed by atoms with Crippen molar-refractivity contribution >= 4 is 31.5 Å². The molecule has 0 N–H and O–H groups in total. The molecule has 0 atom stereocenters. The Morgan fingerprint density at radius 2 is 1.80 bits per heavy atom. The number of carbonyl (C=O) groups excluding carboxylic acids is 1. The lowest BCUT2D eigenvalue weighted by atomic mass is 10.9. The van der Waals surface area contributed by atoms with Crippen LogP contribution in [0.1, 0.15) is 0 Å². The highest BCUT2D eigenvalue weighted by molar-refractivity contribution is 8.00. The van der Waals surface area contributed by atoms with Crippen molar-refractivity contribution < 1.29 is 4.79 Å². The molecular formula is C2H3OS2. The summed E-state index contributed by atoms with van der Waals surface area (Å²) in [6.07, 6.45) is 1.51. The van der Waals surface area contributed by atoms with Gasteiger partial charge in [0, 0.05) is 0 Å². The number of thiol groups is 2. The molecule has 0 spiro atoms. The summed E-state index contributed by atoms with van der Waals surface area (Å²) in [5, 5.41) is 0. The highest BCUT2D eigenvalue weighted by atomic mass is 32.2. The van der Waals surface area contributed by atoms with Crippen LogP contribution in [0.2, 0.25) is 0 Å². The van der Waals surface area contributed by atoms with Crippen LogP contribution in [0.4, 0.5) is 0 Å². The fraction of sp³-hybridized carbons (Fsp3) is 0.500. The van der Waals surface area contributed by atoms with E-state index in [9.17, 15) is 4.79 Å². The minimum atomic E-state index is -0.532. The molecule has 3 heteroatoms. The van der Waals surface area contributed by atoms with Crippen molar-refractivity contribution in [2.75, 3.05) is 0 Å². The lowest BCUT2D eigenvalue weighted by Crippen LogP contribution is -1.82. The van der Waals surface area contributed by atoms with Gasteiger partial charge in [0.1, 0.15) is 4.58 Å².